The van der Waals surface area contributed by atoms with Gasteiger partial charge >= 0.3 is 0 Å². The van der Waals surface area contributed by atoms with Crippen LogP contribution in [-0.2, 0) is 6.54 Å². The predicted molar refractivity (Wildman–Crippen MR) is 134 cm³/mol. The predicted octanol–water partition coefficient (Wildman–Crippen LogP) is 6.60. The number of nitrogens with one attached hydrogen (secondary N) is 2. The van der Waals surface area contributed by atoms with E-state index < -0.39 is 0 Å². The number of fused-ring (bicyclic) bond motifs is 2. The molecule has 2 N–H and O–H groups in total. The van der Waals surface area contributed by atoms with Crippen molar-refractivity contribution in [2.45, 2.75) is 20.4 Å². The van der Waals surface area contributed by atoms with Crippen LogP contribution in [0, 0.1) is 13.8 Å². The Morgan fingerprint density at radius 1 is 0.774 bits per heavy atom. The zero-order chi connectivity index (χ0) is 21.2. The zero-order valence-electron chi connectivity index (χ0n) is 17.2. The van der Waals surface area contributed by atoms with E-state index in [2.05, 4.69) is 73.0 Å². The average molecular weight is 444 g/mol. The highest BCUT2D eigenvalue weighted by Gasteiger charge is 2.10. The lowest BCUT2D eigenvalue weighted by Gasteiger charge is -2.08. The third-order valence-corrected chi connectivity index (χ3v) is 6.67. The fourth-order valence-electron chi connectivity index (χ4n) is 3.24. The third-order valence-electron chi connectivity index (χ3n) is 4.80. The number of benzene rings is 3. The Morgan fingerprint density at radius 3 is 1.87 bits per heavy atom. The molecule has 0 aliphatic carbocycles. The number of hydrogen-bond acceptors (Lipinski definition) is 5. The Kier molecular flexibility index (Phi) is 5.36. The molecule has 2 heterocycles. The summed E-state index contributed by atoms with van der Waals surface area (Å²) in [6.45, 7) is 4.75. The van der Waals surface area contributed by atoms with Crippen LogP contribution in [0.5, 0.6) is 0 Å². The number of rotatable bonds is 4. The summed E-state index contributed by atoms with van der Waals surface area (Å²) in [6, 6.07) is 22.8. The summed E-state index contributed by atoms with van der Waals surface area (Å²) in [5.41, 5.74) is 5.56. The van der Waals surface area contributed by atoms with Crippen LogP contribution in [0.25, 0.3) is 20.4 Å². The molecule has 0 aliphatic rings. The van der Waals surface area contributed by atoms with E-state index in [-0.39, 0.29) is 0 Å². The maximum Gasteiger partial charge on any atom is 0.204 e. The van der Waals surface area contributed by atoms with Crippen molar-refractivity contribution in [2.75, 3.05) is 10.6 Å². The largest absolute Gasteiger partial charge is 0.302 e. The first-order valence-corrected chi connectivity index (χ1v) is 11.6. The minimum Gasteiger partial charge on any atom is -0.302 e. The molecule has 0 aliphatic heterocycles. The molecule has 0 saturated carbocycles. The highest BCUT2D eigenvalue weighted by Crippen LogP contribution is 2.29. The van der Waals surface area contributed by atoms with E-state index in [1.54, 1.807) is 22.7 Å². The fourth-order valence-corrected chi connectivity index (χ4v) is 5.16. The number of guanidine groups is 1. The van der Waals surface area contributed by atoms with Crippen molar-refractivity contribution in [3.8, 4) is 0 Å². The Morgan fingerprint density at radius 2 is 1.32 bits per heavy atom. The molecule has 0 unspecified atom stereocenters. The molecule has 5 nitrogen and oxygen atoms in total. The molecule has 0 saturated heterocycles. The van der Waals surface area contributed by atoms with Gasteiger partial charge in [0.1, 0.15) is 0 Å². The van der Waals surface area contributed by atoms with E-state index in [9.17, 15) is 0 Å². The van der Waals surface area contributed by atoms with Crippen LogP contribution in [0.1, 0.15) is 16.7 Å². The topological polar surface area (TPSA) is 62.2 Å². The van der Waals surface area contributed by atoms with Crippen molar-refractivity contribution in [1.29, 1.82) is 0 Å². The molecular weight excluding hydrogens is 422 g/mol. The van der Waals surface area contributed by atoms with Crippen LogP contribution in [0.3, 0.4) is 0 Å². The van der Waals surface area contributed by atoms with Gasteiger partial charge in [0.05, 0.1) is 27.0 Å². The minimum atomic E-state index is 0.560. The van der Waals surface area contributed by atoms with Crippen molar-refractivity contribution >= 4 is 59.3 Å². The Balaban J connectivity index is 1.45. The maximum absolute atomic E-state index is 4.79. The average Bonchev–Trinajstić information content (AvgIpc) is 3.34. The normalized spacial score (nSPS) is 11.0. The smallest absolute Gasteiger partial charge is 0.204 e. The maximum atomic E-state index is 4.79. The molecule has 2 aromatic heterocycles. The van der Waals surface area contributed by atoms with Gasteiger partial charge in [0.25, 0.3) is 0 Å². The number of anilines is 2. The Labute approximate surface area is 188 Å². The lowest BCUT2D eigenvalue weighted by molar-refractivity contribution is 1.06. The van der Waals surface area contributed by atoms with Gasteiger partial charge in [-0.1, -0.05) is 65.1 Å². The van der Waals surface area contributed by atoms with Crippen LogP contribution in [0.15, 0.2) is 71.7 Å². The minimum absolute atomic E-state index is 0.560. The van der Waals surface area contributed by atoms with Gasteiger partial charge in [-0.2, -0.15) is 0 Å². The number of hydrogen-bond donors (Lipinski definition) is 2. The van der Waals surface area contributed by atoms with Gasteiger partial charge in [-0.3, -0.25) is 0 Å². The van der Waals surface area contributed by atoms with Crippen molar-refractivity contribution in [1.82, 2.24) is 9.97 Å². The molecule has 5 rings (SSSR count). The highest BCUT2D eigenvalue weighted by atomic mass is 32.1. The summed E-state index contributed by atoms with van der Waals surface area (Å²) in [5.74, 6) is 0.635. The molecule has 154 valence electrons. The molecule has 7 heteroatoms. The van der Waals surface area contributed by atoms with E-state index in [0.717, 1.165) is 36.3 Å². The van der Waals surface area contributed by atoms with Gasteiger partial charge in [-0.25, -0.2) is 15.0 Å². The molecule has 0 bridgehead atoms. The quantitative estimate of drug-likeness (QED) is 0.243. The summed E-state index contributed by atoms with van der Waals surface area (Å²) in [6.07, 6.45) is 0. The van der Waals surface area contributed by atoms with Crippen molar-refractivity contribution in [3.05, 3.63) is 83.4 Å². The van der Waals surface area contributed by atoms with Crippen molar-refractivity contribution < 1.29 is 0 Å². The first-order valence-electron chi connectivity index (χ1n) is 9.99. The number of thiazole rings is 2. The van der Waals surface area contributed by atoms with Crippen LogP contribution < -0.4 is 10.6 Å². The Hall–Kier alpha value is -3.29. The zero-order valence-corrected chi connectivity index (χ0v) is 18.8. The standard InChI is InChI=1S/C24H21N5S2/c1-15-8-10-18-20(12-15)30-23(26-18)28-22(25-14-17-6-4-3-5-7-17)29-24-27-19-11-9-16(2)13-21(19)31-24/h3-13H,14H2,1-2H3,(H2,25,26,27,28,29). The van der Waals surface area contributed by atoms with Crippen LogP contribution in [0.2, 0.25) is 0 Å². The molecular formula is C24H21N5S2. The van der Waals surface area contributed by atoms with Crippen LogP contribution >= 0.6 is 22.7 Å². The molecule has 5 aromatic rings. The van der Waals surface area contributed by atoms with E-state index in [4.69, 9.17) is 15.0 Å². The third kappa shape index (κ3) is 4.57. The van der Waals surface area contributed by atoms with E-state index in [1.165, 1.54) is 11.1 Å². The summed E-state index contributed by atoms with van der Waals surface area (Å²) in [4.78, 5) is 14.2. The molecule has 0 fully saturated rings. The second-order valence-electron chi connectivity index (χ2n) is 7.38. The van der Waals surface area contributed by atoms with Gasteiger partial charge in [0.2, 0.25) is 5.96 Å². The number of aromatic nitrogens is 2. The first-order chi connectivity index (χ1) is 15.1. The molecule has 0 radical (unpaired) electrons. The molecule has 3 aromatic carbocycles. The number of aliphatic imine (C=N–C) groups is 1. The second-order valence-corrected chi connectivity index (χ2v) is 9.44. The lowest BCUT2D eigenvalue weighted by Crippen LogP contribution is -2.22. The molecule has 0 amide bonds. The van der Waals surface area contributed by atoms with Gasteiger partial charge in [0.15, 0.2) is 10.3 Å². The monoisotopic (exact) mass is 443 g/mol. The van der Waals surface area contributed by atoms with E-state index >= 15 is 0 Å². The van der Waals surface area contributed by atoms with Gasteiger partial charge in [-0.15, -0.1) is 0 Å². The summed E-state index contributed by atoms with van der Waals surface area (Å²) >= 11 is 3.24. The molecule has 0 atom stereocenters. The molecule has 31 heavy (non-hydrogen) atoms. The molecule has 0 spiro atoms. The van der Waals surface area contributed by atoms with Crippen molar-refractivity contribution in [3.63, 3.8) is 0 Å². The number of nitrogens with zero attached hydrogens (tertiary/aromatic N) is 3. The first kappa shape index (κ1) is 19.7. The van der Waals surface area contributed by atoms with Gasteiger partial charge in [-0.05, 0) is 54.8 Å². The lowest BCUT2D eigenvalue weighted by atomic mass is 10.2. The highest BCUT2D eigenvalue weighted by molar-refractivity contribution is 7.23. The number of aryl methyl sites for hydroxylation is 2. The van der Waals surface area contributed by atoms with E-state index in [0.29, 0.717) is 12.5 Å². The summed E-state index contributed by atoms with van der Waals surface area (Å²) in [7, 11) is 0. The summed E-state index contributed by atoms with van der Waals surface area (Å²) in [5, 5.41) is 8.36. The van der Waals surface area contributed by atoms with Gasteiger partial charge in [0, 0.05) is 0 Å². The van der Waals surface area contributed by atoms with Crippen LogP contribution in [0.4, 0.5) is 10.3 Å². The van der Waals surface area contributed by atoms with Crippen LogP contribution in [-0.4, -0.2) is 15.9 Å². The van der Waals surface area contributed by atoms with Crippen molar-refractivity contribution in [2.24, 2.45) is 4.99 Å². The van der Waals surface area contributed by atoms with E-state index in [1.807, 2.05) is 18.2 Å². The Bertz CT molecular complexity index is 1300. The second kappa shape index (κ2) is 8.45. The van der Waals surface area contributed by atoms with Gasteiger partial charge < -0.3 is 10.6 Å². The fraction of sp³-hybridized carbons (Fsp3) is 0.125. The summed E-state index contributed by atoms with van der Waals surface area (Å²) < 4.78 is 2.31. The SMILES string of the molecule is Cc1ccc2nc(NC(=NCc3ccccc3)Nc3nc4ccc(C)cc4s3)sc2c1.